The maximum absolute atomic E-state index is 12.1. The number of anilines is 1. The number of esters is 1. The fourth-order valence-electron chi connectivity index (χ4n) is 2.46. The highest BCUT2D eigenvalue weighted by molar-refractivity contribution is 5.82. The van der Waals surface area contributed by atoms with E-state index < -0.39 is 11.0 Å². The van der Waals surface area contributed by atoms with Crippen molar-refractivity contribution in [3.8, 4) is 0 Å². The van der Waals surface area contributed by atoms with Gasteiger partial charge in [0.25, 0.3) is 5.69 Å². The highest BCUT2D eigenvalue weighted by Crippen LogP contribution is 2.31. The van der Waals surface area contributed by atoms with E-state index in [1.807, 2.05) is 6.07 Å². The van der Waals surface area contributed by atoms with Crippen LogP contribution in [0, 0.1) is 17.0 Å². The fraction of sp³-hybridized carbons (Fsp3) is 0.500. The van der Waals surface area contributed by atoms with Crippen LogP contribution in [0.15, 0.2) is 18.2 Å². The molecule has 1 heterocycles. The summed E-state index contributed by atoms with van der Waals surface area (Å²) in [5.74, 6) is -0.362. The van der Waals surface area contributed by atoms with Gasteiger partial charge in [-0.15, -0.1) is 0 Å². The van der Waals surface area contributed by atoms with Crippen LogP contribution in [-0.4, -0.2) is 43.2 Å². The number of hydrogen-bond acceptors (Lipinski definition) is 6. The van der Waals surface area contributed by atoms with Gasteiger partial charge in [0.1, 0.15) is 11.7 Å². The lowest BCUT2D eigenvalue weighted by Crippen LogP contribution is -2.55. The zero-order valence-electron chi connectivity index (χ0n) is 12.2. The van der Waals surface area contributed by atoms with Crippen molar-refractivity contribution in [2.75, 3.05) is 31.1 Å². The highest BCUT2D eigenvalue weighted by Gasteiger charge is 2.33. The van der Waals surface area contributed by atoms with Crippen LogP contribution in [0.5, 0.6) is 0 Å². The lowest BCUT2D eigenvalue weighted by Gasteiger charge is -2.35. The van der Waals surface area contributed by atoms with Crippen molar-refractivity contribution in [2.24, 2.45) is 0 Å². The summed E-state index contributed by atoms with van der Waals surface area (Å²) in [6, 6.07) is 4.50. The second kappa shape index (κ2) is 6.53. The first-order valence-electron chi connectivity index (χ1n) is 6.93. The Morgan fingerprint density at radius 2 is 2.33 bits per heavy atom. The number of nitrogens with zero attached hydrogens (tertiary/aromatic N) is 2. The number of nitrogens with one attached hydrogen (secondary N) is 1. The Kier molecular flexibility index (Phi) is 4.74. The summed E-state index contributed by atoms with van der Waals surface area (Å²) in [6.45, 7) is 5.45. The smallest absolute Gasteiger partial charge is 0.330 e. The summed E-state index contributed by atoms with van der Waals surface area (Å²) < 4.78 is 5.07. The van der Waals surface area contributed by atoms with Crippen molar-refractivity contribution in [1.82, 2.24) is 5.32 Å². The third-order valence-electron chi connectivity index (χ3n) is 3.44. The van der Waals surface area contributed by atoms with Crippen LogP contribution in [0.3, 0.4) is 0 Å². The monoisotopic (exact) mass is 293 g/mol. The maximum Gasteiger partial charge on any atom is 0.330 e. The molecule has 2 rings (SSSR count). The number of nitro benzene ring substituents is 1. The van der Waals surface area contributed by atoms with Gasteiger partial charge in [0.05, 0.1) is 11.5 Å². The molecule has 1 fully saturated rings. The van der Waals surface area contributed by atoms with E-state index in [1.165, 1.54) is 6.07 Å². The molecule has 1 unspecified atom stereocenters. The lowest BCUT2D eigenvalue weighted by atomic mass is 10.1. The Morgan fingerprint density at radius 1 is 1.57 bits per heavy atom. The summed E-state index contributed by atoms with van der Waals surface area (Å²) >= 11 is 0. The first-order chi connectivity index (χ1) is 10.0. The van der Waals surface area contributed by atoms with Crippen molar-refractivity contribution < 1.29 is 14.5 Å². The summed E-state index contributed by atoms with van der Waals surface area (Å²) in [5.41, 5.74) is 1.30. The molecule has 0 aliphatic carbocycles. The molecule has 0 bridgehead atoms. The van der Waals surface area contributed by atoms with Gasteiger partial charge in [0.15, 0.2) is 0 Å². The molecule has 1 aliphatic rings. The summed E-state index contributed by atoms with van der Waals surface area (Å²) in [6.07, 6.45) is 0. The SMILES string of the molecule is CCOC(=O)C1CNCCN1c1ccc(C)cc1[N+](=O)[O-]. The molecule has 0 spiro atoms. The van der Waals surface area contributed by atoms with E-state index in [0.717, 1.165) is 5.56 Å². The molecule has 7 heteroatoms. The van der Waals surface area contributed by atoms with Gasteiger partial charge < -0.3 is 15.0 Å². The molecule has 1 N–H and O–H groups in total. The number of piperazine rings is 1. The minimum Gasteiger partial charge on any atom is -0.464 e. The minimum absolute atomic E-state index is 0.0196. The maximum atomic E-state index is 12.1. The minimum atomic E-state index is -0.542. The van der Waals surface area contributed by atoms with E-state index in [0.29, 0.717) is 31.9 Å². The van der Waals surface area contributed by atoms with Gasteiger partial charge in [0, 0.05) is 25.7 Å². The molecule has 114 valence electrons. The van der Waals surface area contributed by atoms with Crippen LogP contribution in [0.2, 0.25) is 0 Å². The van der Waals surface area contributed by atoms with Crippen LogP contribution in [0.25, 0.3) is 0 Å². The Hall–Kier alpha value is -2.15. The van der Waals surface area contributed by atoms with E-state index in [1.54, 1.807) is 24.8 Å². The second-order valence-electron chi connectivity index (χ2n) is 4.91. The lowest BCUT2D eigenvalue weighted by molar-refractivity contribution is -0.384. The molecule has 1 saturated heterocycles. The number of aryl methyl sites for hydroxylation is 1. The number of hydrogen-bond donors (Lipinski definition) is 1. The van der Waals surface area contributed by atoms with Gasteiger partial charge in [-0.1, -0.05) is 6.07 Å². The summed E-state index contributed by atoms with van der Waals surface area (Å²) in [7, 11) is 0. The first kappa shape index (κ1) is 15.2. The molecule has 1 aromatic carbocycles. The highest BCUT2D eigenvalue weighted by atomic mass is 16.6. The number of carbonyl (C=O) groups excluding carboxylic acids is 1. The summed E-state index contributed by atoms with van der Waals surface area (Å²) in [4.78, 5) is 24.7. The Bertz CT molecular complexity index is 547. The molecule has 0 amide bonds. The quantitative estimate of drug-likeness (QED) is 0.511. The molecule has 0 radical (unpaired) electrons. The van der Waals surface area contributed by atoms with Crippen molar-refractivity contribution >= 4 is 17.3 Å². The zero-order chi connectivity index (χ0) is 15.4. The first-order valence-corrected chi connectivity index (χ1v) is 6.93. The Labute approximate surface area is 123 Å². The number of benzene rings is 1. The number of ether oxygens (including phenoxy) is 1. The molecular weight excluding hydrogens is 274 g/mol. The zero-order valence-corrected chi connectivity index (χ0v) is 12.2. The summed E-state index contributed by atoms with van der Waals surface area (Å²) in [5, 5.41) is 14.4. The van der Waals surface area contributed by atoms with Crippen molar-refractivity contribution in [2.45, 2.75) is 19.9 Å². The molecule has 21 heavy (non-hydrogen) atoms. The number of nitro groups is 1. The molecule has 0 saturated carbocycles. The van der Waals surface area contributed by atoms with E-state index in [-0.39, 0.29) is 11.7 Å². The van der Waals surface area contributed by atoms with Gasteiger partial charge in [-0.2, -0.15) is 0 Å². The van der Waals surface area contributed by atoms with Crippen molar-refractivity contribution in [1.29, 1.82) is 0 Å². The van der Waals surface area contributed by atoms with E-state index in [9.17, 15) is 14.9 Å². The normalized spacial score (nSPS) is 18.4. The van der Waals surface area contributed by atoms with E-state index >= 15 is 0 Å². The van der Waals surface area contributed by atoms with E-state index in [2.05, 4.69) is 5.32 Å². The van der Waals surface area contributed by atoms with Crippen LogP contribution >= 0.6 is 0 Å². The largest absolute Gasteiger partial charge is 0.464 e. The predicted octanol–water partition coefficient (Wildman–Crippen LogP) is 1.24. The number of rotatable bonds is 4. The Balaban J connectivity index is 2.37. The van der Waals surface area contributed by atoms with Crippen LogP contribution < -0.4 is 10.2 Å². The topological polar surface area (TPSA) is 84.7 Å². The van der Waals surface area contributed by atoms with Gasteiger partial charge >= 0.3 is 5.97 Å². The van der Waals surface area contributed by atoms with Gasteiger partial charge in [0.2, 0.25) is 0 Å². The van der Waals surface area contributed by atoms with Crippen LogP contribution in [0.4, 0.5) is 11.4 Å². The molecule has 1 aliphatic heterocycles. The second-order valence-corrected chi connectivity index (χ2v) is 4.91. The average molecular weight is 293 g/mol. The predicted molar refractivity (Wildman–Crippen MR) is 78.5 cm³/mol. The third kappa shape index (κ3) is 3.30. The fourth-order valence-corrected chi connectivity index (χ4v) is 2.46. The van der Waals surface area contributed by atoms with Crippen LogP contribution in [0.1, 0.15) is 12.5 Å². The Morgan fingerprint density at radius 3 is 3.00 bits per heavy atom. The van der Waals surface area contributed by atoms with Gasteiger partial charge in [-0.05, 0) is 25.5 Å². The van der Waals surface area contributed by atoms with Gasteiger partial charge in [-0.3, -0.25) is 10.1 Å². The van der Waals surface area contributed by atoms with Crippen LogP contribution in [-0.2, 0) is 9.53 Å². The average Bonchev–Trinajstić information content (AvgIpc) is 2.47. The van der Waals surface area contributed by atoms with Crippen molar-refractivity contribution in [3.05, 3.63) is 33.9 Å². The van der Waals surface area contributed by atoms with E-state index in [4.69, 9.17) is 4.74 Å². The van der Waals surface area contributed by atoms with Gasteiger partial charge in [-0.25, -0.2) is 4.79 Å². The molecule has 1 aromatic rings. The standard InChI is InChI=1S/C14H19N3O4/c1-3-21-14(18)13-9-15-6-7-16(13)11-5-4-10(2)8-12(11)17(19)20/h4-5,8,13,15H,3,6-7,9H2,1-2H3. The third-order valence-corrected chi connectivity index (χ3v) is 3.44. The molecule has 7 nitrogen and oxygen atoms in total. The molecular formula is C14H19N3O4. The van der Waals surface area contributed by atoms with Crippen molar-refractivity contribution in [3.63, 3.8) is 0 Å². The molecule has 0 aromatic heterocycles. The number of carbonyl (C=O) groups is 1. The molecule has 1 atom stereocenters.